The highest BCUT2D eigenvalue weighted by Gasteiger charge is 2.31. The number of benzene rings is 2. The summed E-state index contributed by atoms with van der Waals surface area (Å²) in [5.41, 5.74) is -0.0545. The number of hydrogen-bond donors (Lipinski definition) is 0. The first kappa shape index (κ1) is 16.1. The van der Waals surface area contributed by atoms with Crippen molar-refractivity contribution < 1.29 is 22.0 Å². The molecule has 0 bridgehead atoms. The molecule has 0 unspecified atom stereocenters. The lowest BCUT2D eigenvalue weighted by molar-refractivity contribution is -0.137. The van der Waals surface area contributed by atoms with Crippen molar-refractivity contribution in [3.63, 3.8) is 0 Å². The number of rotatable bonds is 2. The monoisotopic (exact) mass is 335 g/mol. The molecule has 0 aliphatic carbocycles. The maximum Gasteiger partial charge on any atom is 0.416 e. The standard InChI is InChI=1S/C18H10F5N/c19-14-5-1-11(2-6-14)16-9-13(18(21,22)23)10-17(24-16)12-3-7-15(20)8-4-12/h1-10H. The van der Waals surface area contributed by atoms with Gasteiger partial charge in [0.15, 0.2) is 0 Å². The largest absolute Gasteiger partial charge is 0.416 e. The zero-order valence-corrected chi connectivity index (χ0v) is 12.1. The van der Waals surface area contributed by atoms with Crippen molar-refractivity contribution in [3.05, 3.63) is 77.9 Å². The Balaban J connectivity index is 2.17. The highest BCUT2D eigenvalue weighted by atomic mass is 19.4. The van der Waals surface area contributed by atoms with Gasteiger partial charge in [-0.25, -0.2) is 13.8 Å². The van der Waals surface area contributed by atoms with E-state index in [1.165, 1.54) is 24.3 Å². The molecule has 0 spiro atoms. The van der Waals surface area contributed by atoms with Crippen LogP contribution in [0.1, 0.15) is 5.56 Å². The first-order chi connectivity index (χ1) is 11.3. The zero-order valence-electron chi connectivity index (χ0n) is 12.1. The molecule has 0 fully saturated rings. The molecule has 0 N–H and O–H groups in total. The van der Waals surface area contributed by atoms with Crippen LogP contribution in [0.2, 0.25) is 0 Å². The molecule has 2 aromatic carbocycles. The van der Waals surface area contributed by atoms with Crippen LogP contribution in [0.15, 0.2) is 60.7 Å². The molecule has 0 amide bonds. The van der Waals surface area contributed by atoms with E-state index in [0.29, 0.717) is 11.1 Å². The molecule has 24 heavy (non-hydrogen) atoms. The fourth-order valence-electron chi connectivity index (χ4n) is 2.23. The van der Waals surface area contributed by atoms with Crippen molar-refractivity contribution in [2.75, 3.05) is 0 Å². The van der Waals surface area contributed by atoms with Crippen LogP contribution < -0.4 is 0 Å². The van der Waals surface area contributed by atoms with Crippen molar-refractivity contribution in [1.82, 2.24) is 4.98 Å². The van der Waals surface area contributed by atoms with Gasteiger partial charge in [-0.05, 0) is 60.7 Å². The lowest BCUT2D eigenvalue weighted by atomic mass is 10.0. The second-order valence-electron chi connectivity index (χ2n) is 5.14. The van der Waals surface area contributed by atoms with E-state index < -0.39 is 23.4 Å². The summed E-state index contributed by atoms with van der Waals surface area (Å²) in [6.45, 7) is 0. The topological polar surface area (TPSA) is 12.9 Å². The predicted molar refractivity (Wildman–Crippen MR) is 80.0 cm³/mol. The summed E-state index contributed by atoms with van der Waals surface area (Å²) in [5.74, 6) is -0.992. The third kappa shape index (κ3) is 3.42. The van der Waals surface area contributed by atoms with E-state index >= 15 is 0 Å². The maximum atomic E-state index is 13.2. The van der Waals surface area contributed by atoms with Crippen LogP contribution in [0.4, 0.5) is 22.0 Å². The van der Waals surface area contributed by atoms with Crippen LogP contribution in [0, 0.1) is 11.6 Å². The summed E-state index contributed by atoms with van der Waals surface area (Å²) in [6.07, 6.45) is -4.56. The van der Waals surface area contributed by atoms with Crippen LogP contribution in [0.25, 0.3) is 22.5 Å². The van der Waals surface area contributed by atoms with Gasteiger partial charge in [0.1, 0.15) is 11.6 Å². The van der Waals surface area contributed by atoms with E-state index in [2.05, 4.69) is 4.98 Å². The molecule has 0 saturated heterocycles. The second-order valence-corrected chi connectivity index (χ2v) is 5.14. The molecule has 1 nitrogen and oxygen atoms in total. The van der Waals surface area contributed by atoms with Gasteiger partial charge >= 0.3 is 6.18 Å². The second kappa shape index (κ2) is 6.03. The molecule has 0 radical (unpaired) electrons. The fraction of sp³-hybridized carbons (Fsp3) is 0.0556. The lowest BCUT2D eigenvalue weighted by Crippen LogP contribution is -2.06. The summed E-state index contributed by atoms with van der Waals surface area (Å²) in [5, 5.41) is 0. The first-order valence-corrected chi connectivity index (χ1v) is 6.94. The van der Waals surface area contributed by atoms with Gasteiger partial charge < -0.3 is 0 Å². The molecule has 0 saturated carbocycles. The van der Waals surface area contributed by atoms with Gasteiger partial charge in [-0.1, -0.05) is 0 Å². The molecule has 6 heteroatoms. The highest BCUT2D eigenvalue weighted by Crippen LogP contribution is 2.34. The smallest absolute Gasteiger partial charge is 0.248 e. The summed E-state index contributed by atoms with van der Waals surface area (Å²) < 4.78 is 65.5. The van der Waals surface area contributed by atoms with Gasteiger partial charge in [-0.15, -0.1) is 0 Å². The number of nitrogens with zero attached hydrogens (tertiary/aromatic N) is 1. The Bertz CT molecular complexity index is 788. The van der Waals surface area contributed by atoms with Crippen molar-refractivity contribution in [2.45, 2.75) is 6.18 Å². The molecule has 0 aliphatic heterocycles. The molecule has 0 atom stereocenters. The Hall–Kier alpha value is -2.76. The van der Waals surface area contributed by atoms with Crippen LogP contribution >= 0.6 is 0 Å². The van der Waals surface area contributed by atoms with Gasteiger partial charge in [0.2, 0.25) is 0 Å². The molecule has 1 heterocycles. The molecule has 3 aromatic rings. The van der Waals surface area contributed by atoms with E-state index in [1.54, 1.807) is 0 Å². The Morgan fingerprint density at radius 3 is 1.33 bits per heavy atom. The zero-order chi connectivity index (χ0) is 17.3. The predicted octanol–water partition coefficient (Wildman–Crippen LogP) is 5.71. The average Bonchev–Trinajstić information content (AvgIpc) is 2.55. The van der Waals surface area contributed by atoms with Gasteiger partial charge in [0, 0.05) is 11.1 Å². The fourth-order valence-corrected chi connectivity index (χ4v) is 2.23. The number of alkyl halides is 3. The van der Waals surface area contributed by atoms with Crippen molar-refractivity contribution >= 4 is 0 Å². The minimum atomic E-state index is -4.56. The van der Waals surface area contributed by atoms with Crippen molar-refractivity contribution in [3.8, 4) is 22.5 Å². The Morgan fingerprint density at radius 2 is 1.00 bits per heavy atom. The Kier molecular flexibility index (Phi) is 4.05. The van der Waals surface area contributed by atoms with Crippen molar-refractivity contribution in [1.29, 1.82) is 0 Å². The minimum absolute atomic E-state index is 0.0594. The molecule has 3 rings (SSSR count). The summed E-state index contributed by atoms with van der Waals surface area (Å²) in [6, 6.07) is 11.8. The number of halogens is 5. The Labute approximate surface area is 134 Å². The highest BCUT2D eigenvalue weighted by molar-refractivity contribution is 5.67. The van der Waals surface area contributed by atoms with E-state index in [4.69, 9.17) is 0 Å². The van der Waals surface area contributed by atoms with Crippen LogP contribution in [0.5, 0.6) is 0 Å². The van der Waals surface area contributed by atoms with E-state index in [1.807, 2.05) is 0 Å². The van der Waals surface area contributed by atoms with Gasteiger partial charge in [-0.3, -0.25) is 0 Å². The van der Waals surface area contributed by atoms with Gasteiger partial charge in [0.05, 0.1) is 17.0 Å². The SMILES string of the molecule is Fc1ccc(-c2cc(C(F)(F)F)cc(-c3ccc(F)cc3)n2)cc1. The average molecular weight is 335 g/mol. The quantitative estimate of drug-likeness (QED) is 0.546. The Morgan fingerprint density at radius 1 is 0.625 bits per heavy atom. The van der Waals surface area contributed by atoms with Crippen LogP contribution in [0.3, 0.4) is 0 Å². The molecule has 0 aliphatic rings. The molecular weight excluding hydrogens is 325 g/mol. The van der Waals surface area contributed by atoms with E-state index in [0.717, 1.165) is 36.4 Å². The van der Waals surface area contributed by atoms with Gasteiger partial charge in [-0.2, -0.15) is 13.2 Å². The number of hydrogen-bond acceptors (Lipinski definition) is 1. The van der Waals surface area contributed by atoms with E-state index in [-0.39, 0.29) is 11.4 Å². The number of aromatic nitrogens is 1. The van der Waals surface area contributed by atoms with Crippen LogP contribution in [-0.2, 0) is 6.18 Å². The maximum absolute atomic E-state index is 13.2. The molecular formula is C18H10F5N. The summed E-state index contributed by atoms with van der Waals surface area (Å²) in [7, 11) is 0. The normalized spacial score (nSPS) is 11.5. The minimum Gasteiger partial charge on any atom is -0.248 e. The number of pyridine rings is 1. The first-order valence-electron chi connectivity index (χ1n) is 6.94. The molecule has 122 valence electrons. The summed E-state index contributed by atoms with van der Waals surface area (Å²) >= 11 is 0. The lowest BCUT2D eigenvalue weighted by Gasteiger charge is -2.12. The summed E-state index contributed by atoms with van der Waals surface area (Å²) in [4.78, 5) is 4.20. The third-order valence-electron chi connectivity index (χ3n) is 3.43. The van der Waals surface area contributed by atoms with E-state index in [9.17, 15) is 22.0 Å². The molecule has 1 aromatic heterocycles. The van der Waals surface area contributed by atoms with Crippen molar-refractivity contribution in [2.24, 2.45) is 0 Å². The third-order valence-corrected chi connectivity index (χ3v) is 3.43. The van der Waals surface area contributed by atoms with Gasteiger partial charge in [0.25, 0.3) is 0 Å². The van der Waals surface area contributed by atoms with Crippen LogP contribution in [-0.4, -0.2) is 4.98 Å².